The van der Waals surface area contributed by atoms with Gasteiger partial charge in [-0.1, -0.05) is 30.3 Å². The van der Waals surface area contributed by atoms with E-state index in [4.69, 9.17) is 14.2 Å². The lowest BCUT2D eigenvalue weighted by atomic mass is 10.2. The van der Waals surface area contributed by atoms with Crippen LogP contribution in [0.1, 0.15) is 26.3 Å². The molecule has 0 aliphatic carbocycles. The highest BCUT2D eigenvalue weighted by molar-refractivity contribution is 5.68. The average molecular weight is 380 g/mol. The Balaban J connectivity index is 1.93. The number of rotatable bonds is 8. The molecule has 2 atom stereocenters. The number of benzene rings is 1. The summed E-state index contributed by atoms with van der Waals surface area (Å²) < 4.78 is 16.6. The summed E-state index contributed by atoms with van der Waals surface area (Å²) in [6, 6.07) is 9.57. The number of nitrogens with zero attached hydrogens (tertiary/aromatic N) is 1. The molecule has 1 aromatic carbocycles. The van der Waals surface area contributed by atoms with Crippen molar-refractivity contribution < 1.29 is 24.1 Å². The van der Waals surface area contributed by atoms with Gasteiger partial charge in [-0.15, -0.1) is 0 Å². The second-order valence-corrected chi connectivity index (χ2v) is 7.75. The zero-order valence-electron chi connectivity index (χ0n) is 16.5. The van der Waals surface area contributed by atoms with Gasteiger partial charge in [0.05, 0.1) is 45.1 Å². The number of alkyl carbamates (subject to hydrolysis) is 1. The van der Waals surface area contributed by atoms with Crippen LogP contribution in [-0.4, -0.2) is 73.3 Å². The predicted octanol–water partition coefficient (Wildman–Crippen LogP) is 1.79. The van der Waals surface area contributed by atoms with Crippen LogP contribution in [0.2, 0.25) is 0 Å². The van der Waals surface area contributed by atoms with Gasteiger partial charge in [0.25, 0.3) is 0 Å². The first-order chi connectivity index (χ1) is 12.9. The minimum absolute atomic E-state index is 0.0179. The maximum absolute atomic E-state index is 12.2. The maximum atomic E-state index is 12.2. The molecule has 1 fully saturated rings. The van der Waals surface area contributed by atoms with Gasteiger partial charge in [-0.3, -0.25) is 4.90 Å². The molecular formula is C20H32N2O5. The van der Waals surface area contributed by atoms with Crippen LogP contribution in [0.5, 0.6) is 0 Å². The standard InChI is InChI=1S/C20H32N2O5/c1-20(2,3)27-19(24)21-17(11-22-9-10-25-15-18(22)12-23)14-26-13-16-7-5-4-6-8-16/h4-8,17-18,23H,9-15H2,1-3H3,(H,21,24). The number of aliphatic hydroxyl groups excluding tert-OH is 1. The van der Waals surface area contributed by atoms with E-state index in [1.807, 2.05) is 51.1 Å². The second-order valence-electron chi connectivity index (χ2n) is 7.75. The molecule has 0 saturated carbocycles. The molecule has 1 aliphatic rings. The Bertz CT molecular complexity index is 561. The number of amides is 1. The minimum Gasteiger partial charge on any atom is -0.444 e. The van der Waals surface area contributed by atoms with E-state index >= 15 is 0 Å². The molecule has 2 unspecified atom stereocenters. The minimum atomic E-state index is -0.563. The van der Waals surface area contributed by atoms with Crippen molar-refractivity contribution in [3.8, 4) is 0 Å². The first-order valence-corrected chi connectivity index (χ1v) is 9.41. The monoisotopic (exact) mass is 380 g/mol. The van der Waals surface area contributed by atoms with Gasteiger partial charge in [0.1, 0.15) is 5.60 Å². The van der Waals surface area contributed by atoms with Gasteiger partial charge in [-0.25, -0.2) is 4.79 Å². The molecule has 7 nitrogen and oxygen atoms in total. The summed E-state index contributed by atoms with van der Waals surface area (Å²) in [6.07, 6.45) is -0.468. The van der Waals surface area contributed by atoms with E-state index in [1.54, 1.807) is 0 Å². The van der Waals surface area contributed by atoms with Crippen molar-refractivity contribution in [3.05, 3.63) is 35.9 Å². The molecule has 0 bridgehead atoms. The lowest BCUT2D eigenvalue weighted by Gasteiger charge is -2.36. The van der Waals surface area contributed by atoms with Gasteiger partial charge in [0.2, 0.25) is 0 Å². The summed E-state index contributed by atoms with van der Waals surface area (Å²) in [5, 5.41) is 12.5. The maximum Gasteiger partial charge on any atom is 0.407 e. The normalized spacial score (nSPS) is 19.5. The van der Waals surface area contributed by atoms with E-state index in [-0.39, 0.29) is 18.7 Å². The fourth-order valence-corrected chi connectivity index (χ4v) is 2.89. The van der Waals surface area contributed by atoms with Crippen LogP contribution in [0.25, 0.3) is 0 Å². The van der Waals surface area contributed by atoms with Crippen molar-refractivity contribution in [2.24, 2.45) is 0 Å². The first kappa shape index (κ1) is 21.6. The summed E-state index contributed by atoms with van der Waals surface area (Å²) in [6.45, 7) is 8.69. The molecule has 27 heavy (non-hydrogen) atoms. The van der Waals surface area contributed by atoms with Gasteiger partial charge in [-0.05, 0) is 26.3 Å². The SMILES string of the molecule is CC(C)(C)OC(=O)NC(COCc1ccccc1)CN1CCOCC1CO. The van der Waals surface area contributed by atoms with Crippen molar-refractivity contribution in [1.29, 1.82) is 0 Å². The molecule has 152 valence electrons. The third kappa shape index (κ3) is 8.26. The quantitative estimate of drug-likeness (QED) is 0.716. The molecule has 1 aromatic rings. The third-order valence-electron chi connectivity index (χ3n) is 4.17. The van der Waals surface area contributed by atoms with E-state index in [0.29, 0.717) is 39.5 Å². The van der Waals surface area contributed by atoms with Crippen molar-refractivity contribution in [3.63, 3.8) is 0 Å². The smallest absolute Gasteiger partial charge is 0.407 e. The van der Waals surface area contributed by atoms with E-state index in [2.05, 4.69) is 10.2 Å². The van der Waals surface area contributed by atoms with E-state index in [1.165, 1.54) is 0 Å². The van der Waals surface area contributed by atoms with Gasteiger partial charge < -0.3 is 24.6 Å². The Labute approximate surface area is 161 Å². The fraction of sp³-hybridized carbons (Fsp3) is 0.650. The molecule has 1 saturated heterocycles. The van der Waals surface area contributed by atoms with Crippen LogP contribution in [0, 0.1) is 0 Å². The molecule has 2 rings (SSSR count). The number of carbonyl (C=O) groups excluding carboxylic acids is 1. The van der Waals surface area contributed by atoms with Crippen LogP contribution >= 0.6 is 0 Å². The topological polar surface area (TPSA) is 80.3 Å². The zero-order chi connectivity index (χ0) is 19.7. The summed E-state index contributed by atoms with van der Waals surface area (Å²) >= 11 is 0. The van der Waals surface area contributed by atoms with Crippen molar-refractivity contribution in [2.75, 3.05) is 39.5 Å². The Kier molecular flexibility index (Phi) is 8.50. The van der Waals surface area contributed by atoms with Crippen molar-refractivity contribution >= 4 is 6.09 Å². The lowest BCUT2D eigenvalue weighted by molar-refractivity contribution is -0.0364. The van der Waals surface area contributed by atoms with Crippen LogP contribution in [0.15, 0.2) is 30.3 Å². The number of nitrogens with one attached hydrogen (secondary N) is 1. The predicted molar refractivity (Wildman–Crippen MR) is 103 cm³/mol. The van der Waals surface area contributed by atoms with E-state index in [9.17, 15) is 9.90 Å². The third-order valence-corrected chi connectivity index (χ3v) is 4.17. The van der Waals surface area contributed by atoms with Crippen LogP contribution in [0.3, 0.4) is 0 Å². The Hall–Kier alpha value is -1.67. The summed E-state index contributed by atoms with van der Waals surface area (Å²) in [5.74, 6) is 0. The van der Waals surface area contributed by atoms with Crippen molar-refractivity contribution in [1.82, 2.24) is 10.2 Å². The number of ether oxygens (including phenoxy) is 3. The van der Waals surface area contributed by atoms with E-state index in [0.717, 1.165) is 5.56 Å². The number of hydrogen-bond donors (Lipinski definition) is 2. The molecule has 1 aliphatic heterocycles. The zero-order valence-corrected chi connectivity index (χ0v) is 16.5. The number of aliphatic hydroxyl groups is 1. The van der Waals surface area contributed by atoms with Gasteiger partial charge in [-0.2, -0.15) is 0 Å². The molecule has 0 aromatic heterocycles. The van der Waals surface area contributed by atoms with Crippen molar-refractivity contribution in [2.45, 2.75) is 45.1 Å². The van der Waals surface area contributed by atoms with E-state index < -0.39 is 11.7 Å². The molecule has 1 heterocycles. The second kappa shape index (κ2) is 10.6. The highest BCUT2D eigenvalue weighted by Gasteiger charge is 2.27. The average Bonchev–Trinajstić information content (AvgIpc) is 2.61. The van der Waals surface area contributed by atoms with Gasteiger partial charge in [0.15, 0.2) is 0 Å². The number of hydrogen-bond acceptors (Lipinski definition) is 6. The molecule has 2 N–H and O–H groups in total. The molecule has 0 spiro atoms. The number of morpholine rings is 1. The summed E-state index contributed by atoms with van der Waals surface area (Å²) in [7, 11) is 0. The summed E-state index contributed by atoms with van der Waals surface area (Å²) in [4.78, 5) is 14.3. The van der Waals surface area contributed by atoms with Crippen LogP contribution in [-0.2, 0) is 20.8 Å². The van der Waals surface area contributed by atoms with Crippen LogP contribution in [0.4, 0.5) is 4.79 Å². The largest absolute Gasteiger partial charge is 0.444 e. The molecule has 7 heteroatoms. The Morgan fingerprint density at radius 2 is 2.11 bits per heavy atom. The summed E-state index contributed by atoms with van der Waals surface area (Å²) in [5.41, 5.74) is 0.514. The van der Waals surface area contributed by atoms with Gasteiger partial charge >= 0.3 is 6.09 Å². The number of carbonyl (C=O) groups is 1. The van der Waals surface area contributed by atoms with Crippen LogP contribution < -0.4 is 5.32 Å². The molecular weight excluding hydrogens is 348 g/mol. The fourth-order valence-electron chi connectivity index (χ4n) is 2.89. The molecule has 0 radical (unpaired) electrons. The molecule has 1 amide bonds. The first-order valence-electron chi connectivity index (χ1n) is 9.41. The lowest BCUT2D eigenvalue weighted by Crippen LogP contribution is -2.54. The Morgan fingerprint density at radius 3 is 2.78 bits per heavy atom. The Morgan fingerprint density at radius 1 is 1.37 bits per heavy atom. The highest BCUT2D eigenvalue weighted by atomic mass is 16.6. The van der Waals surface area contributed by atoms with Gasteiger partial charge in [0, 0.05) is 13.1 Å². The highest BCUT2D eigenvalue weighted by Crippen LogP contribution is 2.10.